The van der Waals surface area contributed by atoms with Gasteiger partial charge in [-0.05, 0) is 13.8 Å². The largest absolute Gasteiger partial charge is 0.497 e. The van der Waals surface area contributed by atoms with Gasteiger partial charge in [0, 0.05) is 12.8 Å². The Morgan fingerprint density at radius 1 is 1.60 bits per heavy atom. The molecule has 0 aromatic carbocycles. The Kier molecular flexibility index (Phi) is 6.14. The minimum absolute atomic E-state index is 0.140. The van der Waals surface area contributed by atoms with Crippen LogP contribution in [0.4, 0.5) is 0 Å². The molecule has 0 saturated carbocycles. The van der Waals surface area contributed by atoms with E-state index in [0.29, 0.717) is 12.8 Å². The number of hydrogen-bond acceptors (Lipinski definition) is 5. The third-order valence-corrected chi connectivity index (χ3v) is 2.32. The van der Waals surface area contributed by atoms with Crippen molar-refractivity contribution in [1.29, 1.82) is 5.41 Å². The van der Waals surface area contributed by atoms with Crippen molar-refractivity contribution in [2.45, 2.75) is 20.0 Å². The summed E-state index contributed by atoms with van der Waals surface area (Å²) in [6, 6.07) is 0. The first-order valence-electron chi connectivity index (χ1n) is 4.38. The lowest BCUT2D eigenvalue weighted by atomic mass is 10.4. The molecule has 0 amide bonds. The molecule has 0 bridgehead atoms. The Labute approximate surface area is 89.6 Å². The molecule has 0 rings (SSSR count). The summed E-state index contributed by atoms with van der Waals surface area (Å²) in [5, 5.41) is 11.6. The van der Waals surface area contributed by atoms with Gasteiger partial charge in [-0.2, -0.15) is 0 Å². The average Bonchev–Trinajstić information content (AvgIpc) is 2.10. The summed E-state index contributed by atoms with van der Waals surface area (Å²) in [5.74, 6) is 0. The molecule has 0 fully saturated rings. The number of rotatable bonds is 7. The molecule has 1 atom stereocenters. The van der Waals surface area contributed by atoms with Crippen molar-refractivity contribution < 1.29 is 17.9 Å². The van der Waals surface area contributed by atoms with Crippen LogP contribution in [0.3, 0.4) is 0 Å². The van der Waals surface area contributed by atoms with E-state index in [1.165, 1.54) is 0 Å². The topological polar surface area (TPSA) is 102 Å². The molecule has 15 heavy (non-hydrogen) atoms. The summed E-state index contributed by atoms with van der Waals surface area (Å²) in [5.41, 5.74) is 0. The second-order valence-electron chi connectivity index (χ2n) is 2.81. The van der Waals surface area contributed by atoms with E-state index >= 15 is 0 Å². The Hall–Kier alpha value is -0.920. The van der Waals surface area contributed by atoms with E-state index in [1.54, 1.807) is 6.92 Å². The average molecular weight is 236 g/mol. The molecule has 0 heterocycles. The van der Waals surface area contributed by atoms with E-state index in [-0.39, 0.29) is 17.6 Å². The van der Waals surface area contributed by atoms with Crippen molar-refractivity contribution in [1.82, 2.24) is 0 Å². The molecule has 1 unspecified atom stereocenters. The van der Waals surface area contributed by atoms with Gasteiger partial charge < -0.3 is 14.9 Å². The summed E-state index contributed by atoms with van der Waals surface area (Å²) in [6.07, 6.45) is 1.43. The Morgan fingerprint density at radius 2 is 2.20 bits per heavy atom. The second-order valence-corrected chi connectivity index (χ2v) is 4.37. The van der Waals surface area contributed by atoms with Gasteiger partial charge in [0.1, 0.15) is 17.8 Å². The molecule has 0 radical (unpaired) electrons. The van der Waals surface area contributed by atoms with E-state index in [2.05, 4.69) is 0 Å². The first-order valence-corrected chi connectivity index (χ1v) is 5.93. The zero-order chi connectivity index (χ0) is 11.9. The van der Waals surface area contributed by atoms with Crippen LogP contribution in [-0.4, -0.2) is 34.0 Å². The molecule has 0 saturated heterocycles. The van der Waals surface area contributed by atoms with Gasteiger partial charge in [-0.15, -0.1) is 0 Å². The quantitative estimate of drug-likeness (QED) is 0.487. The molecule has 0 aromatic heterocycles. The third-order valence-electron chi connectivity index (χ3n) is 1.45. The third kappa shape index (κ3) is 6.21. The summed E-state index contributed by atoms with van der Waals surface area (Å²) in [4.78, 5) is -0.369. The van der Waals surface area contributed by atoms with Gasteiger partial charge in [-0.1, -0.05) is 0 Å². The molecule has 0 aromatic rings. The molecule has 0 aliphatic carbocycles. The van der Waals surface area contributed by atoms with Crippen LogP contribution in [0.2, 0.25) is 0 Å². The van der Waals surface area contributed by atoms with Gasteiger partial charge in [0.15, 0.2) is 0 Å². The zero-order valence-corrected chi connectivity index (χ0v) is 9.58. The molecule has 0 spiro atoms. The minimum Gasteiger partial charge on any atom is -0.497 e. The summed E-state index contributed by atoms with van der Waals surface area (Å²) in [7, 11) is -3.87. The van der Waals surface area contributed by atoms with Crippen LogP contribution < -0.4 is 5.14 Å². The zero-order valence-electron chi connectivity index (χ0n) is 8.76. The summed E-state index contributed by atoms with van der Waals surface area (Å²) < 4.78 is 31.7. The maximum atomic E-state index is 10.8. The molecule has 0 aliphatic heterocycles. The van der Waals surface area contributed by atoms with Crippen molar-refractivity contribution in [2.75, 3.05) is 13.2 Å². The number of nitrogens with two attached hydrogens (primary N) is 1. The van der Waals surface area contributed by atoms with Gasteiger partial charge in [-0.3, -0.25) is 0 Å². The predicted octanol–water partition coefficient (Wildman–Crippen LogP) is 0.207. The fourth-order valence-corrected chi connectivity index (χ4v) is 1.15. The Balaban J connectivity index is 4.21. The van der Waals surface area contributed by atoms with E-state index in [9.17, 15) is 8.42 Å². The predicted molar refractivity (Wildman–Crippen MR) is 57.0 cm³/mol. The lowest BCUT2D eigenvalue weighted by molar-refractivity contribution is 0.0268. The number of sulfonamides is 1. The molecule has 0 aliphatic rings. The highest BCUT2D eigenvalue weighted by Crippen LogP contribution is 1.99. The van der Waals surface area contributed by atoms with Crippen molar-refractivity contribution in [3.05, 3.63) is 11.2 Å². The standard InChI is InChI=1S/C8H16N2O4S/c1-3-14-7(2)5-13-6-8(4-9)15(10,11)12/h4,6-7,9H,3,5H2,1-2H3,(H2,10,11,12)/b8-6-,9-4?. The molecule has 3 N–H and O–H groups in total. The van der Waals surface area contributed by atoms with Crippen molar-refractivity contribution in [2.24, 2.45) is 5.14 Å². The van der Waals surface area contributed by atoms with Gasteiger partial charge in [0.05, 0.1) is 6.10 Å². The van der Waals surface area contributed by atoms with Crippen LogP contribution in [0.15, 0.2) is 11.2 Å². The first kappa shape index (κ1) is 14.1. The maximum Gasteiger partial charge on any atom is 0.242 e. The number of hydrogen-bond donors (Lipinski definition) is 2. The van der Waals surface area contributed by atoms with Crippen molar-refractivity contribution >= 4 is 16.2 Å². The monoisotopic (exact) mass is 236 g/mol. The van der Waals surface area contributed by atoms with Crippen LogP contribution in [0.5, 0.6) is 0 Å². The molecular formula is C8H16N2O4S. The normalized spacial score (nSPS) is 14.7. The lowest BCUT2D eigenvalue weighted by Crippen LogP contribution is -2.17. The number of nitrogens with one attached hydrogen (secondary N) is 1. The van der Waals surface area contributed by atoms with Gasteiger partial charge in [-0.25, -0.2) is 13.6 Å². The molecule has 6 nitrogen and oxygen atoms in total. The van der Waals surface area contributed by atoms with E-state index in [4.69, 9.17) is 20.0 Å². The van der Waals surface area contributed by atoms with Crippen molar-refractivity contribution in [3.8, 4) is 0 Å². The molecule has 88 valence electrons. The van der Waals surface area contributed by atoms with E-state index in [0.717, 1.165) is 6.26 Å². The SMILES string of the molecule is CCOC(C)CO/C=C(/C=N)S(N)(=O)=O. The lowest BCUT2D eigenvalue weighted by Gasteiger charge is -2.10. The van der Waals surface area contributed by atoms with Gasteiger partial charge in [0.2, 0.25) is 10.0 Å². The van der Waals surface area contributed by atoms with Crippen LogP contribution in [0, 0.1) is 5.41 Å². The number of ether oxygens (including phenoxy) is 2. The van der Waals surface area contributed by atoms with Crippen LogP contribution in [0.25, 0.3) is 0 Å². The fourth-order valence-electron chi connectivity index (χ4n) is 0.782. The van der Waals surface area contributed by atoms with Gasteiger partial charge >= 0.3 is 0 Å². The molecule has 7 heteroatoms. The van der Waals surface area contributed by atoms with E-state index in [1.807, 2.05) is 6.92 Å². The Bertz CT molecular complexity index is 324. The summed E-state index contributed by atoms with van der Waals surface area (Å²) in [6.45, 7) is 4.40. The Morgan fingerprint density at radius 3 is 2.60 bits per heavy atom. The highest BCUT2D eigenvalue weighted by Gasteiger charge is 2.09. The number of primary sulfonamides is 1. The summed E-state index contributed by atoms with van der Waals surface area (Å²) >= 11 is 0. The van der Waals surface area contributed by atoms with Crippen LogP contribution >= 0.6 is 0 Å². The second kappa shape index (κ2) is 6.54. The maximum absolute atomic E-state index is 10.8. The molecular weight excluding hydrogens is 220 g/mol. The fraction of sp³-hybridized carbons (Fsp3) is 0.625. The van der Waals surface area contributed by atoms with Crippen LogP contribution in [0.1, 0.15) is 13.8 Å². The highest BCUT2D eigenvalue weighted by molar-refractivity contribution is 7.93. The van der Waals surface area contributed by atoms with E-state index < -0.39 is 10.0 Å². The van der Waals surface area contributed by atoms with Crippen molar-refractivity contribution in [3.63, 3.8) is 0 Å². The van der Waals surface area contributed by atoms with Crippen LogP contribution in [-0.2, 0) is 19.5 Å². The first-order chi connectivity index (χ1) is 6.91. The highest BCUT2D eigenvalue weighted by atomic mass is 32.2. The number of allylic oxidation sites excluding steroid dienone is 1. The van der Waals surface area contributed by atoms with Gasteiger partial charge in [0.25, 0.3) is 0 Å². The minimum atomic E-state index is -3.87. The smallest absolute Gasteiger partial charge is 0.242 e.